The Morgan fingerprint density at radius 1 is 1.05 bits per heavy atom. The van der Waals surface area contributed by atoms with Gasteiger partial charge in [-0.1, -0.05) is 48.2 Å². The molecule has 0 saturated carbocycles. The molecule has 0 spiro atoms. The van der Waals surface area contributed by atoms with E-state index in [4.69, 9.17) is 9.47 Å². The van der Waals surface area contributed by atoms with Gasteiger partial charge in [0.2, 0.25) is 11.3 Å². The maximum absolute atomic E-state index is 14.2. The van der Waals surface area contributed by atoms with Gasteiger partial charge in [0, 0.05) is 18.0 Å². The zero-order valence-electron chi connectivity index (χ0n) is 21.3. The van der Waals surface area contributed by atoms with Crippen LogP contribution in [0, 0.1) is 12.7 Å². The fourth-order valence-corrected chi connectivity index (χ4v) is 5.18. The van der Waals surface area contributed by atoms with Gasteiger partial charge in [0.05, 0.1) is 16.1 Å². The Kier molecular flexibility index (Phi) is 7.08. The van der Waals surface area contributed by atoms with Gasteiger partial charge >= 0.3 is 4.87 Å². The first-order valence-electron chi connectivity index (χ1n) is 12.1. The van der Waals surface area contributed by atoms with E-state index in [1.807, 2.05) is 30.7 Å². The predicted molar refractivity (Wildman–Crippen MR) is 151 cm³/mol. The van der Waals surface area contributed by atoms with Crippen LogP contribution in [-0.4, -0.2) is 27.9 Å². The molecule has 0 aliphatic heterocycles. The Labute approximate surface area is 227 Å². The molecule has 0 aliphatic carbocycles. The largest absolute Gasteiger partial charge is 0.493 e. The van der Waals surface area contributed by atoms with Crippen LogP contribution in [0.1, 0.15) is 16.0 Å². The van der Waals surface area contributed by atoms with Crippen LogP contribution in [0.4, 0.5) is 4.39 Å². The number of hydrogen-bond acceptors (Lipinski definition) is 6. The van der Waals surface area contributed by atoms with Gasteiger partial charge in [0.15, 0.2) is 5.75 Å². The molecular formula is C30H25FN2O5S. The molecule has 2 heterocycles. The minimum absolute atomic E-state index is 0.0780. The number of aromatic nitrogens is 2. The van der Waals surface area contributed by atoms with Gasteiger partial charge in [0.25, 0.3) is 0 Å². The Morgan fingerprint density at radius 3 is 2.49 bits per heavy atom. The quantitative estimate of drug-likeness (QED) is 0.247. The van der Waals surface area contributed by atoms with Crippen molar-refractivity contribution in [2.24, 2.45) is 7.05 Å². The number of fused-ring (bicyclic) bond motifs is 1. The van der Waals surface area contributed by atoms with Crippen molar-refractivity contribution in [3.8, 4) is 28.6 Å². The number of ether oxygens (including phenoxy) is 2. The number of H-pyrrole nitrogens is 1. The second-order valence-corrected chi connectivity index (χ2v) is 9.92. The zero-order chi connectivity index (χ0) is 27.7. The molecule has 9 heteroatoms. The minimum atomic E-state index is -0.405. The van der Waals surface area contributed by atoms with E-state index in [1.165, 1.54) is 12.1 Å². The molecule has 2 N–H and O–H groups in total. The van der Waals surface area contributed by atoms with Crippen LogP contribution in [0.3, 0.4) is 0 Å². The lowest BCUT2D eigenvalue weighted by molar-refractivity contribution is 0.216. The van der Waals surface area contributed by atoms with Crippen molar-refractivity contribution in [3.05, 3.63) is 115 Å². The van der Waals surface area contributed by atoms with Gasteiger partial charge in [-0.3, -0.25) is 14.6 Å². The van der Waals surface area contributed by atoms with E-state index in [1.54, 1.807) is 42.5 Å². The second-order valence-electron chi connectivity index (χ2n) is 8.93. The summed E-state index contributed by atoms with van der Waals surface area (Å²) in [6, 6.07) is 18.7. The third-order valence-corrected chi connectivity index (χ3v) is 7.36. The molecule has 0 saturated heterocycles. The molecular weight excluding hydrogens is 519 g/mol. The van der Waals surface area contributed by atoms with Gasteiger partial charge in [-0.25, -0.2) is 4.39 Å². The van der Waals surface area contributed by atoms with Crippen molar-refractivity contribution in [1.29, 1.82) is 0 Å². The summed E-state index contributed by atoms with van der Waals surface area (Å²) in [4.78, 5) is 27.3. The molecule has 0 fully saturated rings. The number of aryl methyl sites for hydroxylation is 2. The van der Waals surface area contributed by atoms with E-state index in [2.05, 4.69) is 11.6 Å². The maximum atomic E-state index is 14.2. The molecule has 3 aromatic carbocycles. The molecule has 5 aromatic rings. The van der Waals surface area contributed by atoms with Crippen molar-refractivity contribution in [1.82, 2.24) is 9.55 Å². The summed E-state index contributed by atoms with van der Waals surface area (Å²) in [5, 5.41) is 10.4. The summed E-state index contributed by atoms with van der Waals surface area (Å²) in [6.07, 6.45) is 0. The summed E-state index contributed by atoms with van der Waals surface area (Å²) in [7, 11) is 1.83. The van der Waals surface area contributed by atoms with Gasteiger partial charge in [-0.15, -0.1) is 0 Å². The molecule has 0 amide bonds. The Hall–Kier alpha value is -4.63. The van der Waals surface area contributed by atoms with Gasteiger partial charge in [-0.05, 0) is 60.0 Å². The number of rotatable bonds is 8. The lowest BCUT2D eigenvalue weighted by Gasteiger charge is -2.19. The van der Waals surface area contributed by atoms with E-state index >= 15 is 0 Å². The molecule has 0 aliphatic rings. The van der Waals surface area contributed by atoms with E-state index in [-0.39, 0.29) is 35.1 Å². The summed E-state index contributed by atoms with van der Waals surface area (Å²) < 4.78 is 27.9. The third-order valence-electron chi connectivity index (χ3n) is 6.43. The summed E-state index contributed by atoms with van der Waals surface area (Å²) in [5.41, 5.74) is 3.55. The molecule has 0 unspecified atom stereocenters. The topological polar surface area (TPSA) is 93.5 Å². The van der Waals surface area contributed by atoms with Crippen LogP contribution in [0.25, 0.3) is 27.7 Å². The summed E-state index contributed by atoms with van der Waals surface area (Å²) in [5.74, 6) is 0.0808. The van der Waals surface area contributed by atoms with Crippen LogP contribution in [0.5, 0.6) is 17.4 Å². The average molecular weight is 545 g/mol. The number of benzene rings is 3. The monoisotopic (exact) mass is 544 g/mol. The van der Waals surface area contributed by atoms with Gasteiger partial charge in [-0.2, -0.15) is 0 Å². The van der Waals surface area contributed by atoms with Crippen LogP contribution >= 0.6 is 11.3 Å². The molecule has 39 heavy (non-hydrogen) atoms. The first-order valence-corrected chi connectivity index (χ1v) is 12.9. The first kappa shape index (κ1) is 26.0. The van der Waals surface area contributed by atoms with E-state index in [0.717, 1.165) is 22.5 Å². The minimum Gasteiger partial charge on any atom is -0.493 e. The number of pyridine rings is 1. The van der Waals surface area contributed by atoms with E-state index < -0.39 is 5.82 Å². The maximum Gasteiger partial charge on any atom is 0.307 e. The molecule has 0 radical (unpaired) electrons. The summed E-state index contributed by atoms with van der Waals surface area (Å²) >= 11 is 0.884. The fourth-order valence-electron chi connectivity index (χ4n) is 4.46. The van der Waals surface area contributed by atoms with Gasteiger partial charge < -0.3 is 19.1 Å². The average Bonchev–Trinajstić information content (AvgIpc) is 3.28. The molecule has 0 bridgehead atoms. The Bertz CT molecular complexity index is 1820. The summed E-state index contributed by atoms with van der Waals surface area (Å²) in [6.45, 7) is 6.05. The van der Waals surface area contributed by atoms with Crippen LogP contribution < -0.4 is 19.8 Å². The van der Waals surface area contributed by atoms with Crippen LogP contribution in [0.15, 0.2) is 82.9 Å². The number of nitrogens with one attached hydrogen (secondary N) is 1. The predicted octanol–water partition coefficient (Wildman–Crippen LogP) is 5.63. The lowest BCUT2D eigenvalue weighted by Crippen LogP contribution is -2.19. The van der Waals surface area contributed by atoms with E-state index in [0.29, 0.717) is 38.4 Å². The number of para-hydroxylation sites is 1. The smallest absolute Gasteiger partial charge is 0.307 e. The van der Waals surface area contributed by atoms with E-state index in [9.17, 15) is 19.1 Å². The van der Waals surface area contributed by atoms with Crippen LogP contribution in [-0.2, 0) is 7.05 Å². The molecule has 2 aromatic heterocycles. The highest BCUT2D eigenvalue weighted by Gasteiger charge is 2.20. The normalized spacial score (nSPS) is 11.1. The van der Waals surface area contributed by atoms with Crippen molar-refractivity contribution < 1.29 is 19.0 Å². The number of halogens is 1. The first-order chi connectivity index (χ1) is 18.7. The third kappa shape index (κ3) is 5.08. The standard InChI is InChI=1S/C30H25FN2O5S/c1-17-8-11-20(31)16-23(17)25-27(26(34)22-6-4-5-7-24(22)33(25)3)38-15-14-37-21-12-9-19(10-13-21)18(2)28-29(35)32-30(36)39-28/h4-13,16,35H,2,14-15H2,1,3H3,(H,32,36). The molecule has 198 valence electrons. The second kappa shape index (κ2) is 10.6. The van der Waals surface area contributed by atoms with Crippen molar-refractivity contribution in [2.75, 3.05) is 13.2 Å². The highest BCUT2D eigenvalue weighted by Crippen LogP contribution is 2.33. The lowest BCUT2D eigenvalue weighted by atomic mass is 10.0. The molecule has 5 rings (SSSR count). The number of aromatic hydroxyl groups is 1. The highest BCUT2D eigenvalue weighted by molar-refractivity contribution is 7.10. The Balaban J connectivity index is 1.36. The number of hydrogen-bond donors (Lipinski definition) is 2. The van der Waals surface area contributed by atoms with Crippen molar-refractivity contribution in [2.45, 2.75) is 6.92 Å². The molecule has 0 atom stereocenters. The van der Waals surface area contributed by atoms with Crippen molar-refractivity contribution in [3.63, 3.8) is 0 Å². The van der Waals surface area contributed by atoms with Crippen molar-refractivity contribution >= 4 is 27.8 Å². The number of nitrogens with zero attached hydrogens (tertiary/aromatic N) is 1. The zero-order valence-corrected chi connectivity index (χ0v) is 22.1. The van der Waals surface area contributed by atoms with Crippen LogP contribution in [0.2, 0.25) is 0 Å². The number of aromatic amines is 1. The Morgan fingerprint density at radius 2 is 1.77 bits per heavy atom. The highest BCUT2D eigenvalue weighted by atomic mass is 32.1. The van der Waals surface area contributed by atoms with Gasteiger partial charge in [0.1, 0.15) is 24.8 Å². The SMILES string of the molecule is C=C(c1ccc(OCCOc2c(-c3cc(F)ccc3C)n(C)c3ccccc3c2=O)cc1)c1sc(=O)[nH]c1O. The fraction of sp³-hybridized carbons (Fsp3) is 0.133. The number of thiazole rings is 1. The molecule has 7 nitrogen and oxygen atoms in total.